The highest BCUT2D eigenvalue weighted by Gasteiger charge is 2.29. The Bertz CT molecular complexity index is 584. The topological polar surface area (TPSA) is 17.8 Å². The zero-order valence-corrected chi connectivity index (χ0v) is 12.5. The van der Waals surface area contributed by atoms with Crippen LogP contribution in [0.25, 0.3) is 11.0 Å². The lowest BCUT2D eigenvalue weighted by atomic mass is 10.1. The SMILES string of the molecule is Cc1cccc2nc(CCCl)n(CC(C)C3CC3)c12. The summed E-state index contributed by atoms with van der Waals surface area (Å²) < 4.78 is 2.41. The van der Waals surface area contributed by atoms with Gasteiger partial charge in [0.1, 0.15) is 5.82 Å². The second kappa shape index (κ2) is 5.16. The van der Waals surface area contributed by atoms with Crippen LogP contribution in [0.4, 0.5) is 0 Å². The van der Waals surface area contributed by atoms with Gasteiger partial charge >= 0.3 is 0 Å². The van der Waals surface area contributed by atoms with E-state index >= 15 is 0 Å². The molecule has 0 N–H and O–H groups in total. The third kappa shape index (κ3) is 2.51. The molecule has 0 bridgehead atoms. The largest absolute Gasteiger partial charge is 0.327 e. The van der Waals surface area contributed by atoms with Crippen molar-refractivity contribution in [2.75, 3.05) is 5.88 Å². The first kappa shape index (κ1) is 13.0. The Morgan fingerprint density at radius 3 is 2.89 bits per heavy atom. The van der Waals surface area contributed by atoms with Crippen LogP contribution in [0.1, 0.15) is 31.2 Å². The van der Waals surface area contributed by atoms with Gasteiger partial charge in [0.15, 0.2) is 0 Å². The van der Waals surface area contributed by atoms with E-state index in [2.05, 4.69) is 36.6 Å². The lowest BCUT2D eigenvalue weighted by Gasteiger charge is -2.15. The van der Waals surface area contributed by atoms with Crippen LogP contribution in [0.2, 0.25) is 0 Å². The predicted octanol–water partition coefficient (Wildman–Crippen LogP) is 4.17. The molecule has 1 unspecified atom stereocenters. The molecule has 1 atom stereocenters. The summed E-state index contributed by atoms with van der Waals surface area (Å²) in [6.07, 6.45) is 3.66. The number of hydrogen-bond donors (Lipinski definition) is 0. The summed E-state index contributed by atoms with van der Waals surface area (Å²) in [5, 5.41) is 0. The summed E-state index contributed by atoms with van der Waals surface area (Å²) in [7, 11) is 0. The van der Waals surface area contributed by atoms with Gasteiger partial charge in [-0.2, -0.15) is 0 Å². The van der Waals surface area contributed by atoms with E-state index < -0.39 is 0 Å². The molecule has 1 aromatic heterocycles. The fourth-order valence-electron chi connectivity index (χ4n) is 2.99. The van der Waals surface area contributed by atoms with Crippen LogP contribution >= 0.6 is 11.6 Å². The minimum atomic E-state index is 0.639. The minimum Gasteiger partial charge on any atom is -0.327 e. The van der Waals surface area contributed by atoms with Gasteiger partial charge < -0.3 is 4.57 Å². The monoisotopic (exact) mass is 276 g/mol. The normalized spacial score (nSPS) is 17.0. The van der Waals surface area contributed by atoms with Crippen LogP contribution in [-0.4, -0.2) is 15.4 Å². The zero-order chi connectivity index (χ0) is 13.4. The average molecular weight is 277 g/mol. The molecule has 0 spiro atoms. The Labute approximate surface area is 119 Å². The number of aryl methyl sites for hydroxylation is 2. The molecule has 2 aromatic rings. The second-order valence-corrected chi connectivity index (χ2v) is 6.21. The molecule has 102 valence electrons. The number of imidazole rings is 1. The molecule has 1 aliphatic rings. The lowest BCUT2D eigenvalue weighted by molar-refractivity contribution is 0.429. The van der Waals surface area contributed by atoms with Gasteiger partial charge in [0.25, 0.3) is 0 Å². The van der Waals surface area contributed by atoms with E-state index in [1.807, 2.05) is 0 Å². The number of fused-ring (bicyclic) bond motifs is 1. The molecule has 0 saturated heterocycles. The third-order valence-electron chi connectivity index (χ3n) is 4.26. The van der Waals surface area contributed by atoms with E-state index in [0.29, 0.717) is 5.88 Å². The van der Waals surface area contributed by atoms with Gasteiger partial charge in [-0.25, -0.2) is 4.98 Å². The van der Waals surface area contributed by atoms with Crippen molar-refractivity contribution >= 4 is 22.6 Å². The molecule has 2 nitrogen and oxygen atoms in total. The Morgan fingerprint density at radius 2 is 2.21 bits per heavy atom. The number of alkyl halides is 1. The maximum Gasteiger partial charge on any atom is 0.111 e. The molecule has 1 aliphatic carbocycles. The van der Waals surface area contributed by atoms with Crippen molar-refractivity contribution in [3.8, 4) is 0 Å². The van der Waals surface area contributed by atoms with Crippen molar-refractivity contribution in [2.24, 2.45) is 11.8 Å². The summed E-state index contributed by atoms with van der Waals surface area (Å²) in [6, 6.07) is 6.37. The molecule has 3 rings (SSSR count). The highest BCUT2D eigenvalue weighted by Crippen LogP contribution is 2.38. The van der Waals surface area contributed by atoms with Crippen LogP contribution in [0.5, 0.6) is 0 Å². The molecule has 1 aromatic carbocycles. The summed E-state index contributed by atoms with van der Waals surface area (Å²) in [5.74, 6) is 3.45. The van der Waals surface area contributed by atoms with Crippen molar-refractivity contribution in [1.29, 1.82) is 0 Å². The van der Waals surface area contributed by atoms with Crippen LogP contribution in [-0.2, 0) is 13.0 Å². The summed E-state index contributed by atoms with van der Waals surface area (Å²) in [6.45, 7) is 5.62. The van der Waals surface area contributed by atoms with Crippen LogP contribution in [0, 0.1) is 18.8 Å². The second-order valence-electron chi connectivity index (χ2n) is 5.83. The number of para-hydroxylation sites is 1. The average Bonchev–Trinajstić information content (AvgIpc) is 3.16. The van der Waals surface area contributed by atoms with Gasteiger partial charge in [-0.3, -0.25) is 0 Å². The van der Waals surface area contributed by atoms with Gasteiger partial charge in [-0.1, -0.05) is 19.1 Å². The van der Waals surface area contributed by atoms with Gasteiger partial charge in [-0.15, -0.1) is 11.6 Å². The number of benzene rings is 1. The standard InChI is InChI=1S/C16H21ClN2/c1-11-4-3-5-14-16(11)19(15(18-14)8-9-17)10-12(2)13-6-7-13/h3-5,12-13H,6-10H2,1-2H3. The predicted molar refractivity (Wildman–Crippen MR) is 80.8 cm³/mol. The molecule has 3 heteroatoms. The van der Waals surface area contributed by atoms with Crippen molar-refractivity contribution in [3.63, 3.8) is 0 Å². The van der Waals surface area contributed by atoms with Crippen molar-refractivity contribution < 1.29 is 0 Å². The summed E-state index contributed by atoms with van der Waals surface area (Å²) in [5.41, 5.74) is 3.73. The number of nitrogens with zero attached hydrogens (tertiary/aromatic N) is 2. The van der Waals surface area contributed by atoms with E-state index in [1.165, 1.54) is 23.9 Å². The maximum atomic E-state index is 5.93. The Hall–Kier alpha value is -1.02. The molecule has 0 radical (unpaired) electrons. The van der Waals surface area contributed by atoms with E-state index in [4.69, 9.17) is 16.6 Å². The van der Waals surface area contributed by atoms with E-state index in [9.17, 15) is 0 Å². The van der Waals surface area contributed by atoms with Gasteiger partial charge in [0.05, 0.1) is 11.0 Å². The first-order valence-electron chi connectivity index (χ1n) is 7.21. The molecular formula is C16H21ClN2. The number of aromatic nitrogens is 2. The highest BCUT2D eigenvalue weighted by molar-refractivity contribution is 6.17. The first-order valence-corrected chi connectivity index (χ1v) is 7.75. The van der Waals surface area contributed by atoms with Crippen LogP contribution in [0.3, 0.4) is 0 Å². The van der Waals surface area contributed by atoms with Gasteiger partial charge in [0, 0.05) is 18.8 Å². The molecule has 1 fully saturated rings. The number of hydrogen-bond acceptors (Lipinski definition) is 1. The molecule has 1 saturated carbocycles. The van der Waals surface area contributed by atoms with Gasteiger partial charge in [0.2, 0.25) is 0 Å². The number of rotatable bonds is 5. The molecule has 19 heavy (non-hydrogen) atoms. The van der Waals surface area contributed by atoms with Crippen molar-refractivity contribution in [2.45, 2.75) is 39.7 Å². The first-order chi connectivity index (χ1) is 9.20. The number of halogens is 1. The summed E-state index contributed by atoms with van der Waals surface area (Å²) in [4.78, 5) is 4.77. The molecule has 1 heterocycles. The van der Waals surface area contributed by atoms with Gasteiger partial charge in [-0.05, 0) is 43.2 Å². The highest BCUT2D eigenvalue weighted by atomic mass is 35.5. The molecular weight excluding hydrogens is 256 g/mol. The smallest absolute Gasteiger partial charge is 0.111 e. The zero-order valence-electron chi connectivity index (χ0n) is 11.7. The van der Waals surface area contributed by atoms with E-state index in [-0.39, 0.29) is 0 Å². The molecule has 0 amide bonds. The lowest BCUT2D eigenvalue weighted by Crippen LogP contribution is -2.13. The Morgan fingerprint density at radius 1 is 1.42 bits per heavy atom. The minimum absolute atomic E-state index is 0.639. The van der Waals surface area contributed by atoms with Crippen LogP contribution in [0.15, 0.2) is 18.2 Å². The Balaban J connectivity index is 2.04. The van der Waals surface area contributed by atoms with Crippen molar-refractivity contribution in [1.82, 2.24) is 9.55 Å². The van der Waals surface area contributed by atoms with Crippen LogP contribution < -0.4 is 0 Å². The fourth-order valence-corrected chi connectivity index (χ4v) is 3.16. The van der Waals surface area contributed by atoms with E-state index in [1.54, 1.807) is 0 Å². The quantitative estimate of drug-likeness (QED) is 0.750. The fraction of sp³-hybridized carbons (Fsp3) is 0.562. The third-order valence-corrected chi connectivity index (χ3v) is 4.45. The maximum absolute atomic E-state index is 5.93. The summed E-state index contributed by atoms with van der Waals surface area (Å²) >= 11 is 5.93. The molecule has 0 aliphatic heterocycles. The van der Waals surface area contributed by atoms with Crippen molar-refractivity contribution in [3.05, 3.63) is 29.6 Å². The Kier molecular flexibility index (Phi) is 3.53. The van der Waals surface area contributed by atoms with E-state index in [0.717, 1.165) is 36.1 Å².